The van der Waals surface area contributed by atoms with E-state index in [-0.39, 0.29) is 11.3 Å². The number of aromatic carboxylic acids is 1. The molecule has 1 heterocycles. The first-order chi connectivity index (χ1) is 7.66. The molecule has 1 aromatic heterocycles. The summed E-state index contributed by atoms with van der Waals surface area (Å²) in [6, 6.07) is 1.37. The van der Waals surface area contributed by atoms with Gasteiger partial charge >= 0.3 is 5.97 Å². The molecule has 1 aromatic rings. The predicted octanol–water partition coefficient (Wildman–Crippen LogP) is 1.54. The second kappa shape index (κ2) is 4.38. The molecule has 2 rings (SSSR count). The number of aromatic nitrogens is 1. The van der Waals surface area contributed by atoms with Crippen LogP contribution in [-0.2, 0) is 0 Å². The van der Waals surface area contributed by atoms with Crippen LogP contribution in [0.4, 0.5) is 5.69 Å². The monoisotopic (exact) mass is 222 g/mol. The molecule has 16 heavy (non-hydrogen) atoms. The van der Waals surface area contributed by atoms with Gasteiger partial charge in [-0.15, -0.1) is 0 Å². The highest BCUT2D eigenvalue weighted by Crippen LogP contribution is 2.32. The van der Waals surface area contributed by atoms with Gasteiger partial charge in [0.1, 0.15) is 0 Å². The Kier molecular flexibility index (Phi) is 2.94. The zero-order valence-electron chi connectivity index (χ0n) is 8.85. The summed E-state index contributed by atoms with van der Waals surface area (Å²) in [5, 5.41) is 8.85. The number of nitrogens with two attached hydrogens (primary N) is 1. The zero-order valence-corrected chi connectivity index (χ0v) is 8.85. The van der Waals surface area contributed by atoms with Crippen molar-refractivity contribution in [2.24, 2.45) is 5.92 Å². The quantitative estimate of drug-likeness (QED) is 0.789. The normalized spacial score (nSPS) is 14.8. The summed E-state index contributed by atoms with van der Waals surface area (Å²) in [6.07, 6.45) is 4.88. The molecule has 0 unspecified atom stereocenters. The summed E-state index contributed by atoms with van der Waals surface area (Å²) < 4.78 is 5.37. The number of nitrogen functional groups attached to an aromatic ring is 1. The molecular formula is C11H14N2O3. The Bertz CT molecular complexity index is 402. The molecule has 86 valence electrons. The van der Waals surface area contributed by atoms with Crippen LogP contribution >= 0.6 is 0 Å². The van der Waals surface area contributed by atoms with Gasteiger partial charge in [-0.3, -0.25) is 0 Å². The van der Waals surface area contributed by atoms with Crippen molar-refractivity contribution in [3.05, 3.63) is 17.8 Å². The fourth-order valence-corrected chi connectivity index (χ4v) is 1.45. The molecule has 0 aliphatic heterocycles. The molecule has 0 atom stereocenters. The van der Waals surface area contributed by atoms with Gasteiger partial charge in [0.05, 0.1) is 24.1 Å². The van der Waals surface area contributed by atoms with Crippen molar-refractivity contribution in [3.8, 4) is 5.88 Å². The van der Waals surface area contributed by atoms with E-state index in [0.29, 0.717) is 12.5 Å². The molecule has 1 fully saturated rings. The van der Waals surface area contributed by atoms with Gasteiger partial charge in [0.25, 0.3) is 0 Å². The van der Waals surface area contributed by atoms with E-state index < -0.39 is 5.97 Å². The highest BCUT2D eigenvalue weighted by atomic mass is 16.5. The van der Waals surface area contributed by atoms with E-state index in [1.54, 1.807) is 0 Å². The number of anilines is 1. The number of nitrogens with zero attached hydrogens (tertiary/aromatic N) is 1. The molecule has 0 aromatic carbocycles. The lowest BCUT2D eigenvalue weighted by Gasteiger charge is -2.06. The van der Waals surface area contributed by atoms with Crippen LogP contribution in [-0.4, -0.2) is 22.7 Å². The second-order valence-electron chi connectivity index (χ2n) is 4.00. The Morgan fingerprint density at radius 2 is 2.38 bits per heavy atom. The van der Waals surface area contributed by atoms with Gasteiger partial charge in [0.2, 0.25) is 5.88 Å². The van der Waals surface area contributed by atoms with Crippen LogP contribution in [0.5, 0.6) is 5.88 Å². The Morgan fingerprint density at radius 1 is 1.62 bits per heavy atom. The van der Waals surface area contributed by atoms with Crippen LogP contribution in [0.2, 0.25) is 0 Å². The third kappa shape index (κ3) is 2.62. The van der Waals surface area contributed by atoms with E-state index in [1.165, 1.54) is 25.1 Å². The van der Waals surface area contributed by atoms with Crippen molar-refractivity contribution in [2.45, 2.75) is 19.3 Å². The predicted molar refractivity (Wildman–Crippen MR) is 58.4 cm³/mol. The van der Waals surface area contributed by atoms with E-state index in [4.69, 9.17) is 15.6 Å². The van der Waals surface area contributed by atoms with Crippen LogP contribution in [0.15, 0.2) is 12.3 Å². The number of carbonyl (C=O) groups is 1. The largest absolute Gasteiger partial charge is 0.478 e. The van der Waals surface area contributed by atoms with Crippen molar-refractivity contribution < 1.29 is 14.6 Å². The lowest BCUT2D eigenvalue weighted by Crippen LogP contribution is -2.06. The SMILES string of the molecule is Nc1cnc(OCCC2CC2)cc1C(=O)O. The van der Waals surface area contributed by atoms with Crippen molar-refractivity contribution in [1.82, 2.24) is 4.98 Å². The van der Waals surface area contributed by atoms with Crippen molar-refractivity contribution in [3.63, 3.8) is 0 Å². The Labute approximate surface area is 93.2 Å². The fraction of sp³-hybridized carbons (Fsp3) is 0.455. The summed E-state index contributed by atoms with van der Waals surface area (Å²) in [6.45, 7) is 0.584. The van der Waals surface area contributed by atoms with Crippen LogP contribution in [0.3, 0.4) is 0 Å². The minimum atomic E-state index is -1.06. The molecule has 0 spiro atoms. The van der Waals surface area contributed by atoms with E-state index in [1.807, 2.05) is 0 Å². The third-order valence-electron chi connectivity index (χ3n) is 2.61. The number of hydrogen-bond donors (Lipinski definition) is 2. The standard InChI is InChI=1S/C11H14N2O3/c12-9-6-13-10(5-8(9)11(14)15)16-4-3-7-1-2-7/h5-7H,1-4,12H2,(H,14,15). The zero-order chi connectivity index (χ0) is 11.5. The average molecular weight is 222 g/mol. The number of rotatable bonds is 5. The fourth-order valence-electron chi connectivity index (χ4n) is 1.45. The van der Waals surface area contributed by atoms with Crippen LogP contribution in [0.25, 0.3) is 0 Å². The maximum Gasteiger partial charge on any atom is 0.338 e. The summed E-state index contributed by atoms with van der Waals surface area (Å²) in [4.78, 5) is 14.7. The van der Waals surface area contributed by atoms with E-state index in [9.17, 15) is 4.79 Å². The van der Waals surface area contributed by atoms with Gasteiger partial charge in [-0.25, -0.2) is 9.78 Å². The first-order valence-electron chi connectivity index (χ1n) is 5.28. The second-order valence-corrected chi connectivity index (χ2v) is 4.00. The molecule has 0 saturated heterocycles. The molecule has 3 N–H and O–H groups in total. The van der Waals surface area contributed by atoms with Crippen molar-refractivity contribution in [2.75, 3.05) is 12.3 Å². The van der Waals surface area contributed by atoms with E-state index in [2.05, 4.69) is 4.98 Å². The third-order valence-corrected chi connectivity index (χ3v) is 2.61. The van der Waals surface area contributed by atoms with Crippen LogP contribution in [0.1, 0.15) is 29.6 Å². The molecule has 0 radical (unpaired) electrons. The molecular weight excluding hydrogens is 208 g/mol. The number of carboxylic acids is 1. The number of carboxylic acid groups (broad SMARTS) is 1. The van der Waals surface area contributed by atoms with Gasteiger partial charge in [0, 0.05) is 6.07 Å². The first kappa shape index (κ1) is 10.7. The number of pyridine rings is 1. The average Bonchev–Trinajstić information content (AvgIpc) is 3.04. The minimum Gasteiger partial charge on any atom is -0.478 e. The lowest BCUT2D eigenvalue weighted by atomic mass is 10.2. The Morgan fingerprint density at radius 3 is 3.00 bits per heavy atom. The molecule has 5 heteroatoms. The van der Waals surface area contributed by atoms with Crippen LogP contribution < -0.4 is 10.5 Å². The molecule has 0 bridgehead atoms. The van der Waals surface area contributed by atoms with E-state index in [0.717, 1.165) is 12.3 Å². The van der Waals surface area contributed by atoms with Crippen LogP contribution in [0, 0.1) is 5.92 Å². The minimum absolute atomic E-state index is 0.0384. The maximum absolute atomic E-state index is 10.8. The van der Waals surface area contributed by atoms with Gasteiger partial charge < -0.3 is 15.6 Å². The molecule has 1 aliphatic rings. The maximum atomic E-state index is 10.8. The van der Waals surface area contributed by atoms with Crippen molar-refractivity contribution >= 4 is 11.7 Å². The molecule has 1 aliphatic carbocycles. The van der Waals surface area contributed by atoms with E-state index >= 15 is 0 Å². The summed E-state index contributed by atoms with van der Waals surface area (Å²) in [5.41, 5.74) is 5.67. The highest BCUT2D eigenvalue weighted by Gasteiger charge is 2.20. The summed E-state index contributed by atoms with van der Waals surface area (Å²) >= 11 is 0. The first-order valence-corrected chi connectivity index (χ1v) is 5.28. The van der Waals surface area contributed by atoms with Gasteiger partial charge in [-0.2, -0.15) is 0 Å². The van der Waals surface area contributed by atoms with Gasteiger partial charge in [-0.1, -0.05) is 12.8 Å². The lowest BCUT2D eigenvalue weighted by molar-refractivity contribution is 0.0697. The van der Waals surface area contributed by atoms with Gasteiger partial charge in [-0.05, 0) is 12.3 Å². The highest BCUT2D eigenvalue weighted by molar-refractivity contribution is 5.93. The smallest absolute Gasteiger partial charge is 0.338 e. The Balaban J connectivity index is 1.97. The summed E-state index contributed by atoms with van der Waals surface area (Å²) in [7, 11) is 0. The molecule has 1 saturated carbocycles. The number of hydrogen-bond acceptors (Lipinski definition) is 4. The summed E-state index contributed by atoms with van der Waals surface area (Å²) in [5.74, 6) is 0.0481. The van der Waals surface area contributed by atoms with Crippen molar-refractivity contribution in [1.29, 1.82) is 0 Å². The topological polar surface area (TPSA) is 85.4 Å². The van der Waals surface area contributed by atoms with Gasteiger partial charge in [0.15, 0.2) is 0 Å². The Hall–Kier alpha value is -1.78. The number of ether oxygens (including phenoxy) is 1. The molecule has 0 amide bonds. The molecule has 5 nitrogen and oxygen atoms in total.